The molecule has 0 spiro atoms. The highest BCUT2D eigenvalue weighted by atomic mass is 32.2. The fraction of sp³-hybridized carbons (Fsp3) is 0.400. The van der Waals surface area contributed by atoms with Gasteiger partial charge in [0.15, 0.2) is 0 Å². The minimum atomic E-state index is -2.89. The van der Waals surface area contributed by atoms with Gasteiger partial charge in [-0.25, -0.2) is 8.42 Å². The van der Waals surface area contributed by atoms with Crippen LogP contribution in [0.2, 0.25) is 0 Å². The van der Waals surface area contributed by atoms with E-state index in [9.17, 15) is 8.42 Å². The van der Waals surface area contributed by atoms with Crippen LogP contribution >= 0.6 is 0 Å². The molecule has 0 aliphatic heterocycles. The highest BCUT2D eigenvalue weighted by Gasteiger charge is 2.02. The average molecular weight is 214 g/mol. The Hall–Kier alpha value is -0.870. The number of sulfone groups is 1. The molecular weight excluding hydrogens is 200 g/mol. The van der Waals surface area contributed by atoms with Gasteiger partial charge in [-0.3, -0.25) is 0 Å². The number of hydrogen-bond acceptors (Lipinski definition) is 3. The van der Waals surface area contributed by atoms with Crippen molar-refractivity contribution in [2.45, 2.75) is 13.0 Å². The molecule has 78 valence electrons. The zero-order chi connectivity index (χ0) is 10.6. The van der Waals surface area contributed by atoms with Gasteiger partial charge in [0.05, 0.1) is 12.4 Å². The minimum absolute atomic E-state index is 0.0202. The van der Waals surface area contributed by atoms with Crippen molar-refractivity contribution >= 4 is 9.84 Å². The third kappa shape index (κ3) is 3.89. The van der Waals surface area contributed by atoms with Crippen molar-refractivity contribution in [2.75, 3.05) is 12.0 Å². The van der Waals surface area contributed by atoms with E-state index in [2.05, 4.69) is 0 Å². The maximum absolute atomic E-state index is 10.9. The molecule has 0 bridgehead atoms. The standard InChI is InChI=1S/C10H14O3S/c1-14(12,13)7-6-9-2-4-10(8-11)5-3-9/h2-5,11H,6-8H2,1H3. The average Bonchev–Trinajstić information content (AvgIpc) is 2.14. The molecule has 0 radical (unpaired) electrons. The third-order valence-corrected chi connectivity index (χ3v) is 2.91. The van der Waals surface area contributed by atoms with Gasteiger partial charge in [-0.15, -0.1) is 0 Å². The molecule has 0 atom stereocenters. The molecular formula is C10H14O3S. The Morgan fingerprint density at radius 1 is 1.14 bits per heavy atom. The van der Waals surface area contributed by atoms with E-state index in [1.165, 1.54) is 6.26 Å². The third-order valence-electron chi connectivity index (χ3n) is 1.97. The monoisotopic (exact) mass is 214 g/mol. The second-order valence-corrected chi connectivity index (χ2v) is 5.61. The molecule has 0 amide bonds. The van der Waals surface area contributed by atoms with E-state index >= 15 is 0 Å². The summed E-state index contributed by atoms with van der Waals surface area (Å²) in [5, 5.41) is 8.79. The van der Waals surface area contributed by atoms with E-state index in [-0.39, 0.29) is 12.4 Å². The summed E-state index contributed by atoms with van der Waals surface area (Å²) in [5.74, 6) is 0.172. The molecule has 4 heteroatoms. The number of aliphatic hydroxyl groups excluding tert-OH is 1. The van der Waals surface area contributed by atoms with E-state index in [4.69, 9.17) is 5.11 Å². The first kappa shape index (κ1) is 11.2. The second-order valence-electron chi connectivity index (χ2n) is 3.35. The first-order valence-corrected chi connectivity index (χ1v) is 6.44. The summed E-state index contributed by atoms with van der Waals surface area (Å²) >= 11 is 0. The van der Waals surface area contributed by atoms with Crippen LogP contribution in [0.15, 0.2) is 24.3 Å². The van der Waals surface area contributed by atoms with Crippen molar-refractivity contribution in [3.8, 4) is 0 Å². The van der Waals surface area contributed by atoms with Crippen molar-refractivity contribution in [3.05, 3.63) is 35.4 Å². The van der Waals surface area contributed by atoms with Crippen LogP contribution in [0.4, 0.5) is 0 Å². The molecule has 0 aliphatic carbocycles. The van der Waals surface area contributed by atoms with Crippen LogP contribution in [0.5, 0.6) is 0 Å². The lowest BCUT2D eigenvalue weighted by molar-refractivity contribution is 0.282. The van der Waals surface area contributed by atoms with E-state index in [1.807, 2.05) is 12.1 Å². The summed E-state index contributed by atoms with van der Waals surface area (Å²) in [6, 6.07) is 7.29. The highest BCUT2D eigenvalue weighted by molar-refractivity contribution is 7.90. The molecule has 1 N–H and O–H groups in total. The topological polar surface area (TPSA) is 54.4 Å². The van der Waals surface area contributed by atoms with Gasteiger partial charge in [0.2, 0.25) is 0 Å². The SMILES string of the molecule is CS(=O)(=O)CCc1ccc(CO)cc1. The Labute approximate surface area is 84.3 Å². The normalized spacial score (nSPS) is 11.6. The minimum Gasteiger partial charge on any atom is -0.392 e. The number of benzene rings is 1. The summed E-state index contributed by atoms with van der Waals surface area (Å²) in [4.78, 5) is 0. The summed E-state index contributed by atoms with van der Waals surface area (Å²) in [6.45, 7) is 0.0202. The highest BCUT2D eigenvalue weighted by Crippen LogP contribution is 2.05. The van der Waals surface area contributed by atoms with Crippen LogP contribution in [0.25, 0.3) is 0 Å². The second kappa shape index (κ2) is 4.57. The molecule has 0 saturated heterocycles. The fourth-order valence-corrected chi connectivity index (χ4v) is 1.72. The first-order chi connectivity index (χ1) is 6.51. The largest absolute Gasteiger partial charge is 0.392 e. The Kier molecular flexibility index (Phi) is 3.66. The van der Waals surface area contributed by atoms with Gasteiger partial charge in [-0.2, -0.15) is 0 Å². The molecule has 1 aromatic carbocycles. The summed E-state index contributed by atoms with van der Waals surface area (Å²) in [7, 11) is -2.89. The van der Waals surface area contributed by atoms with Crippen LogP contribution in [0.1, 0.15) is 11.1 Å². The maximum atomic E-state index is 10.9. The van der Waals surface area contributed by atoms with Gasteiger partial charge in [0.25, 0.3) is 0 Å². The molecule has 0 fully saturated rings. The fourth-order valence-electron chi connectivity index (χ4n) is 1.11. The van der Waals surface area contributed by atoms with Gasteiger partial charge in [-0.1, -0.05) is 24.3 Å². The van der Waals surface area contributed by atoms with Crippen LogP contribution in [0, 0.1) is 0 Å². The van der Waals surface area contributed by atoms with E-state index in [1.54, 1.807) is 12.1 Å². The van der Waals surface area contributed by atoms with Crippen molar-refractivity contribution in [2.24, 2.45) is 0 Å². The van der Waals surface area contributed by atoms with Crippen molar-refractivity contribution in [1.82, 2.24) is 0 Å². The van der Waals surface area contributed by atoms with Crippen LogP contribution in [-0.4, -0.2) is 25.5 Å². The van der Waals surface area contributed by atoms with Gasteiger partial charge in [-0.05, 0) is 17.5 Å². The Balaban J connectivity index is 2.61. The number of aryl methyl sites for hydroxylation is 1. The van der Waals surface area contributed by atoms with Crippen molar-refractivity contribution < 1.29 is 13.5 Å². The van der Waals surface area contributed by atoms with Crippen LogP contribution < -0.4 is 0 Å². The van der Waals surface area contributed by atoms with Crippen molar-refractivity contribution in [1.29, 1.82) is 0 Å². The molecule has 0 heterocycles. The summed E-state index contributed by atoms with van der Waals surface area (Å²) < 4.78 is 21.8. The van der Waals surface area contributed by atoms with Gasteiger partial charge in [0.1, 0.15) is 9.84 Å². The Morgan fingerprint density at radius 2 is 1.64 bits per heavy atom. The summed E-state index contributed by atoms with van der Waals surface area (Å²) in [6.07, 6.45) is 1.76. The number of rotatable bonds is 4. The smallest absolute Gasteiger partial charge is 0.147 e. The number of hydrogen-bond donors (Lipinski definition) is 1. The summed E-state index contributed by atoms with van der Waals surface area (Å²) in [5.41, 5.74) is 1.82. The lowest BCUT2D eigenvalue weighted by atomic mass is 10.1. The van der Waals surface area contributed by atoms with Crippen LogP contribution in [-0.2, 0) is 22.9 Å². The Morgan fingerprint density at radius 3 is 2.07 bits per heavy atom. The van der Waals surface area contributed by atoms with E-state index in [0.717, 1.165) is 11.1 Å². The molecule has 1 aromatic rings. The van der Waals surface area contributed by atoms with E-state index < -0.39 is 9.84 Å². The number of aliphatic hydroxyl groups is 1. The molecule has 14 heavy (non-hydrogen) atoms. The van der Waals surface area contributed by atoms with Crippen LogP contribution in [0.3, 0.4) is 0 Å². The predicted octanol–water partition coefficient (Wildman–Crippen LogP) is 0.766. The molecule has 0 saturated carbocycles. The van der Waals surface area contributed by atoms with Gasteiger partial charge >= 0.3 is 0 Å². The Bertz CT molecular complexity index is 378. The maximum Gasteiger partial charge on any atom is 0.147 e. The van der Waals surface area contributed by atoms with E-state index in [0.29, 0.717) is 6.42 Å². The lowest BCUT2D eigenvalue weighted by Crippen LogP contribution is -2.05. The molecule has 0 unspecified atom stereocenters. The zero-order valence-corrected chi connectivity index (χ0v) is 8.92. The first-order valence-electron chi connectivity index (χ1n) is 4.37. The predicted molar refractivity (Wildman–Crippen MR) is 55.8 cm³/mol. The van der Waals surface area contributed by atoms with Gasteiger partial charge < -0.3 is 5.11 Å². The molecule has 0 aliphatic rings. The lowest BCUT2D eigenvalue weighted by Gasteiger charge is -2.01. The quantitative estimate of drug-likeness (QED) is 0.805. The van der Waals surface area contributed by atoms with Gasteiger partial charge in [0, 0.05) is 6.26 Å². The molecule has 3 nitrogen and oxygen atoms in total. The van der Waals surface area contributed by atoms with Crippen molar-refractivity contribution in [3.63, 3.8) is 0 Å². The zero-order valence-electron chi connectivity index (χ0n) is 8.10. The molecule has 0 aromatic heterocycles. The molecule has 1 rings (SSSR count).